The van der Waals surface area contributed by atoms with Crippen molar-refractivity contribution in [2.45, 2.75) is 20.0 Å². The largest absolute Gasteiger partial charge is 0.507 e. The molecule has 1 aliphatic rings. The zero-order chi connectivity index (χ0) is 17.4. The van der Waals surface area contributed by atoms with Crippen molar-refractivity contribution in [3.05, 3.63) is 94.0 Å². The Hall–Kier alpha value is -3.07. The average molecular weight is 330 g/mol. The van der Waals surface area contributed by atoms with Crippen molar-refractivity contribution in [2.75, 3.05) is 0 Å². The molecule has 25 heavy (non-hydrogen) atoms. The summed E-state index contributed by atoms with van der Waals surface area (Å²) >= 11 is 0. The molecular weight excluding hydrogens is 312 g/mol. The van der Waals surface area contributed by atoms with Crippen molar-refractivity contribution in [1.82, 2.24) is 0 Å². The summed E-state index contributed by atoms with van der Waals surface area (Å²) in [5.41, 5.74) is 5.06. The number of ketones is 1. The van der Waals surface area contributed by atoms with Crippen LogP contribution in [0.3, 0.4) is 0 Å². The predicted molar refractivity (Wildman–Crippen MR) is 96.3 cm³/mol. The molecule has 1 N–H and O–H groups in total. The van der Waals surface area contributed by atoms with Crippen molar-refractivity contribution in [2.24, 2.45) is 0 Å². The van der Waals surface area contributed by atoms with Crippen LogP contribution in [0.2, 0.25) is 0 Å². The lowest BCUT2D eigenvalue weighted by molar-refractivity contribution is 0.103. The van der Waals surface area contributed by atoms with E-state index in [1.807, 2.05) is 61.5 Å². The molecule has 3 aromatic rings. The highest BCUT2D eigenvalue weighted by molar-refractivity contribution is 6.14. The Morgan fingerprint density at radius 2 is 1.84 bits per heavy atom. The van der Waals surface area contributed by atoms with E-state index in [0.29, 0.717) is 29.9 Å². The maximum absolute atomic E-state index is 12.8. The predicted octanol–water partition coefficient (Wildman–Crippen LogP) is 4.41. The third-order valence-corrected chi connectivity index (χ3v) is 4.67. The lowest BCUT2D eigenvalue weighted by atomic mass is 9.82. The summed E-state index contributed by atoms with van der Waals surface area (Å²) in [6.45, 7) is 2.43. The van der Waals surface area contributed by atoms with Gasteiger partial charge in [-0.2, -0.15) is 0 Å². The van der Waals surface area contributed by atoms with E-state index in [9.17, 15) is 9.90 Å². The first-order valence-corrected chi connectivity index (χ1v) is 8.29. The van der Waals surface area contributed by atoms with Crippen molar-refractivity contribution in [3.8, 4) is 11.5 Å². The first kappa shape index (κ1) is 15.5. The summed E-state index contributed by atoms with van der Waals surface area (Å²) in [6.07, 6.45) is 0.624. The van der Waals surface area contributed by atoms with Gasteiger partial charge in [0.15, 0.2) is 5.78 Å². The Morgan fingerprint density at radius 1 is 1.04 bits per heavy atom. The second kappa shape index (κ2) is 6.10. The Labute approximate surface area is 146 Å². The molecule has 1 aliphatic carbocycles. The van der Waals surface area contributed by atoms with Crippen LogP contribution in [0.5, 0.6) is 11.5 Å². The molecule has 0 spiro atoms. The van der Waals surface area contributed by atoms with Crippen LogP contribution in [0, 0.1) is 6.92 Å². The number of aromatic hydroxyl groups is 1. The van der Waals surface area contributed by atoms with E-state index in [4.69, 9.17) is 4.74 Å². The summed E-state index contributed by atoms with van der Waals surface area (Å²) in [5.74, 6) is 0.440. The highest BCUT2D eigenvalue weighted by Crippen LogP contribution is 2.37. The number of carbonyl (C=O) groups is 1. The highest BCUT2D eigenvalue weighted by atomic mass is 16.5. The van der Waals surface area contributed by atoms with Crippen molar-refractivity contribution >= 4 is 5.78 Å². The smallest absolute Gasteiger partial charge is 0.197 e. The molecular formula is C22H18O3. The molecule has 3 aromatic carbocycles. The molecule has 0 amide bonds. The van der Waals surface area contributed by atoms with Gasteiger partial charge in [0.2, 0.25) is 0 Å². The van der Waals surface area contributed by atoms with Crippen LogP contribution in [-0.4, -0.2) is 10.9 Å². The van der Waals surface area contributed by atoms with Crippen LogP contribution in [0.15, 0.2) is 60.7 Å². The molecule has 0 radical (unpaired) electrons. The topological polar surface area (TPSA) is 46.5 Å². The van der Waals surface area contributed by atoms with E-state index in [0.717, 1.165) is 22.3 Å². The van der Waals surface area contributed by atoms with Crippen LogP contribution < -0.4 is 4.74 Å². The van der Waals surface area contributed by atoms with Gasteiger partial charge in [-0.25, -0.2) is 0 Å². The number of hydrogen-bond acceptors (Lipinski definition) is 3. The van der Waals surface area contributed by atoms with Gasteiger partial charge in [-0.05, 0) is 41.7 Å². The van der Waals surface area contributed by atoms with Gasteiger partial charge < -0.3 is 9.84 Å². The monoisotopic (exact) mass is 330 g/mol. The molecule has 3 nitrogen and oxygen atoms in total. The maximum atomic E-state index is 12.8. The minimum atomic E-state index is -0.118. The minimum Gasteiger partial charge on any atom is -0.507 e. The summed E-state index contributed by atoms with van der Waals surface area (Å²) in [4.78, 5) is 12.8. The van der Waals surface area contributed by atoms with Gasteiger partial charge in [0.25, 0.3) is 0 Å². The SMILES string of the molecule is Cc1cccc2c1Cc1cc(OCc3ccccc3)cc(O)c1C2=O. The first-order chi connectivity index (χ1) is 12.1. The zero-order valence-electron chi connectivity index (χ0n) is 14.0. The Bertz CT molecular complexity index is 959. The number of aryl methyl sites for hydroxylation is 1. The number of carbonyl (C=O) groups excluding carboxylic acids is 1. The Balaban J connectivity index is 1.67. The molecule has 0 atom stereocenters. The van der Waals surface area contributed by atoms with E-state index >= 15 is 0 Å². The van der Waals surface area contributed by atoms with Gasteiger partial charge in [0, 0.05) is 11.6 Å². The van der Waals surface area contributed by atoms with Crippen LogP contribution in [0.1, 0.15) is 38.2 Å². The molecule has 0 heterocycles. The Morgan fingerprint density at radius 3 is 2.64 bits per heavy atom. The van der Waals surface area contributed by atoms with Gasteiger partial charge >= 0.3 is 0 Å². The summed E-state index contributed by atoms with van der Waals surface area (Å²) < 4.78 is 5.82. The number of fused-ring (bicyclic) bond motifs is 2. The van der Waals surface area contributed by atoms with Gasteiger partial charge in [-0.1, -0.05) is 48.5 Å². The number of phenolic OH excluding ortho intramolecular Hbond substituents is 1. The molecule has 0 saturated carbocycles. The molecule has 0 unspecified atom stereocenters. The lowest BCUT2D eigenvalue weighted by Crippen LogP contribution is -2.16. The molecule has 0 aliphatic heterocycles. The van der Waals surface area contributed by atoms with Crippen molar-refractivity contribution in [1.29, 1.82) is 0 Å². The van der Waals surface area contributed by atoms with Gasteiger partial charge in [0.05, 0.1) is 5.56 Å². The second-order valence-electron chi connectivity index (χ2n) is 6.36. The fourth-order valence-electron chi connectivity index (χ4n) is 3.36. The molecule has 0 saturated heterocycles. The normalized spacial score (nSPS) is 12.4. The number of ether oxygens (including phenoxy) is 1. The van der Waals surface area contributed by atoms with Gasteiger partial charge in [0.1, 0.15) is 18.1 Å². The van der Waals surface area contributed by atoms with Crippen molar-refractivity contribution < 1.29 is 14.6 Å². The summed E-state index contributed by atoms with van der Waals surface area (Å²) in [5, 5.41) is 10.4. The molecule has 124 valence electrons. The summed E-state index contributed by atoms with van der Waals surface area (Å²) in [7, 11) is 0. The van der Waals surface area contributed by atoms with E-state index in [-0.39, 0.29) is 11.5 Å². The van der Waals surface area contributed by atoms with Crippen molar-refractivity contribution in [3.63, 3.8) is 0 Å². The van der Waals surface area contributed by atoms with Crippen LogP contribution in [0.4, 0.5) is 0 Å². The quantitative estimate of drug-likeness (QED) is 0.605. The third-order valence-electron chi connectivity index (χ3n) is 4.67. The molecule has 3 heteroatoms. The number of hydrogen-bond donors (Lipinski definition) is 1. The average Bonchev–Trinajstić information content (AvgIpc) is 2.62. The Kier molecular flexibility index (Phi) is 3.77. The van der Waals surface area contributed by atoms with E-state index in [1.54, 1.807) is 0 Å². The molecule has 0 fully saturated rings. The molecule has 0 aromatic heterocycles. The highest BCUT2D eigenvalue weighted by Gasteiger charge is 2.27. The van der Waals surface area contributed by atoms with Crippen LogP contribution in [-0.2, 0) is 13.0 Å². The molecule has 4 rings (SSSR count). The number of rotatable bonds is 3. The van der Waals surface area contributed by atoms with E-state index in [1.165, 1.54) is 6.07 Å². The lowest BCUT2D eigenvalue weighted by Gasteiger charge is -2.22. The fraction of sp³-hybridized carbons (Fsp3) is 0.136. The van der Waals surface area contributed by atoms with Gasteiger partial charge in [-0.3, -0.25) is 4.79 Å². The fourth-order valence-corrected chi connectivity index (χ4v) is 3.36. The number of benzene rings is 3. The minimum absolute atomic E-state index is 0.0160. The van der Waals surface area contributed by atoms with E-state index in [2.05, 4.69) is 0 Å². The molecule has 0 bridgehead atoms. The van der Waals surface area contributed by atoms with Gasteiger partial charge in [-0.15, -0.1) is 0 Å². The van der Waals surface area contributed by atoms with Crippen LogP contribution >= 0.6 is 0 Å². The second-order valence-corrected chi connectivity index (χ2v) is 6.36. The number of phenols is 1. The van der Waals surface area contributed by atoms with E-state index < -0.39 is 0 Å². The maximum Gasteiger partial charge on any atom is 0.197 e. The standard InChI is InChI=1S/C22H18O3/c1-14-6-5-9-18-19(14)11-16-10-17(12-20(23)21(16)22(18)24)25-13-15-7-3-2-4-8-15/h2-10,12,23H,11,13H2,1H3. The summed E-state index contributed by atoms with van der Waals surface area (Å²) in [6, 6.07) is 19.0. The zero-order valence-corrected chi connectivity index (χ0v) is 14.0. The first-order valence-electron chi connectivity index (χ1n) is 8.29. The van der Waals surface area contributed by atoms with Crippen LogP contribution in [0.25, 0.3) is 0 Å². The third kappa shape index (κ3) is 2.78.